The predicted molar refractivity (Wildman–Crippen MR) is 92.5 cm³/mol. The van der Waals surface area contributed by atoms with Crippen LogP contribution in [0.1, 0.15) is 20.8 Å². The Balaban J connectivity index is 1.95. The predicted octanol–water partition coefficient (Wildman–Crippen LogP) is 3.40. The van der Waals surface area contributed by atoms with E-state index in [9.17, 15) is 4.79 Å². The maximum absolute atomic E-state index is 11.9. The summed E-state index contributed by atoms with van der Waals surface area (Å²) < 4.78 is 8.07. The van der Waals surface area contributed by atoms with Crippen LogP contribution >= 0.6 is 15.9 Å². The largest absolute Gasteiger partial charge is 0.459 e. The Bertz CT molecular complexity index is 883. The average Bonchev–Trinajstić information content (AvgIpc) is 2.86. The lowest BCUT2D eigenvalue weighted by Gasteiger charge is -2.19. The molecule has 3 aromatic rings. The van der Waals surface area contributed by atoms with E-state index in [1.807, 2.05) is 49.4 Å². The van der Waals surface area contributed by atoms with E-state index in [4.69, 9.17) is 4.74 Å². The van der Waals surface area contributed by atoms with E-state index in [-0.39, 0.29) is 12.5 Å². The highest BCUT2D eigenvalue weighted by atomic mass is 79.9. The van der Waals surface area contributed by atoms with Gasteiger partial charge in [0.1, 0.15) is 16.7 Å². The molecule has 1 aromatic carbocycles. The lowest BCUT2D eigenvalue weighted by molar-refractivity contribution is -0.152. The number of halogens is 1. The van der Waals surface area contributed by atoms with Gasteiger partial charge in [-0.15, -0.1) is 0 Å². The van der Waals surface area contributed by atoms with Gasteiger partial charge in [-0.3, -0.25) is 9.20 Å². The molecule has 0 amide bonds. The molecule has 3 rings (SSSR count). The number of benzene rings is 1. The van der Waals surface area contributed by atoms with Crippen LogP contribution in [-0.2, 0) is 9.53 Å². The van der Waals surface area contributed by atoms with Crippen molar-refractivity contribution in [2.75, 3.05) is 11.9 Å². The average molecular weight is 377 g/mol. The molecule has 0 spiro atoms. The van der Waals surface area contributed by atoms with Crippen LogP contribution in [0.4, 0.5) is 5.82 Å². The van der Waals surface area contributed by atoms with Crippen LogP contribution in [0.5, 0.6) is 0 Å². The zero-order chi connectivity index (χ0) is 16.6. The van der Waals surface area contributed by atoms with Gasteiger partial charge in [-0.2, -0.15) is 0 Å². The number of nitrogens with one attached hydrogen (secondary N) is 1. The number of rotatable bonds is 3. The van der Waals surface area contributed by atoms with E-state index in [0.29, 0.717) is 11.5 Å². The van der Waals surface area contributed by atoms with Crippen molar-refractivity contribution >= 4 is 44.4 Å². The Morgan fingerprint density at radius 3 is 2.83 bits per heavy atom. The molecule has 0 radical (unpaired) electrons. The number of aromatic nitrogens is 3. The minimum atomic E-state index is -0.513. The molecule has 0 bridgehead atoms. The third-order valence-corrected chi connectivity index (χ3v) is 3.67. The quantitative estimate of drug-likeness (QED) is 0.709. The highest BCUT2D eigenvalue weighted by Crippen LogP contribution is 2.25. The fraction of sp³-hybridized carbons (Fsp3) is 0.312. The van der Waals surface area contributed by atoms with Crippen molar-refractivity contribution in [3.05, 3.63) is 35.1 Å². The third-order valence-electron chi connectivity index (χ3n) is 3.11. The molecule has 0 unspecified atom stereocenters. The molecule has 2 heterocycles. The number of hydrogen-bond acceptors (Lipinski definition) is 5. The maximum atomic E-state index is 11.9. The van der Waals surface area contributed by atoms with E-state index in [1.54, 1.807) is 6.20 Å². The maximum Gasteiger partial charge on any atom is 0.325 e. The minimum Gasteiger partial charge on any atom is -0.459 e. The van der Waals surface area contributed by atoms with E-state index >= 15 is 0 Å². The van der Waals surface area contributed by atoms with E-state index in [1.165, 1.54) is 0 Å². The molecular formula is C16H17BrN4O2. The van der Waals surface area contributed by atoms with Gasteiger partial charge in [-0.1, -0.05) is 12.1 Å². The Kier molecular flexibility index (Phi) is 3.97. The molecule has 0 saturated heterocycles. The summed E-state index contributed by atoms with van der Waals surface area (Å²) in [5.41, 5.74) is 1.89. The second-order valence-electron chi connectivity index (χ2n) is 6.13. The van der Waals surface area contributed by atoms with Crippen molar-refractivity contribution < 1.29 is 9.53 Å². The zero-order valence-corrected chi connectivity index (χ0v) is 14.7. The van der Waals surface area contributed by atoms with Gasteiger partial charge >= 0.3 is 5.97 Å². The van der Waals surface area contributed by atoms with Crippen molar-refractivity contribution in [1.29, 1.82) is 0 Å². The van der Waals surface area contributed by atoms with Crippen LogP contribution in [0, 0.1) is 0 Å². The van der Waals surface area contributed by atoms with Crippen LogP contribution in [0.2, 0.25) is 0 Å². The summed E-state index contributed by atoms with van der Waals surface area (Å²) in [6.07, 6.45) is 1.71. The molecule has 0 aliphatic heterocycles. The van der Waals surface area contributed by atoms with Gasteiger partial charge in [0.25, 0.3) is 0 Å². The van der Waals surface area contributed by atoms with Crippen molar-refractivity contribution in [2.45, 2.75) is 26.4 Å². The third kappa shape index (κ3) is 3.29. The second kappa shape index (κ2) is 5.81. The summed E-state index contributed by atoms with van der Waals surface area (Å²) in [6, 6.07) is 7.76. The van der Waals surface area contributed by atoms with Crippen LogP contribution in [0.3, 0.4) is 0 Å². The van der Waals surface area contributed by atoms with Crippen LogP contribution in [0.25, 0.3) is 16.7 Å². The Labute approximate surface area is 142 Å². The summed E-state index contributed by atoms with van der Waals surface area (Å²) in [6.45, 7) is 5.54. The van der Waals surface area contributed by atoms with Gasteiger partial charge in [-0.25, -0.2) is 9.97 Å². The standard InChI is InChI=1S/C16H17BrN4O2/c1-16(2,3)23-13(22)9-18-14-15-19-8-12(17)21(15)11-7-5-4-6-10(11)20-14/h4-8H,9H2,1-3H3,(H,18,20). The molecule has 23 heavy (non-hydrogen) atoms. The van der Waals surface area contributed by atoms with Crippen molar-refractivity contribution in [3.8, 4) is 0 Å². The number of fused-ring (bicyclic) bond motifs is 3. The summed E-state index contributed by atoms with van der Waals surface area (Å²) in [5.74, 6) is 0.205. The molecule has 0 atom stereocenters. The molecule has 120 valence electrons. The van der Waals surface area contributed by atoms with Crippen LogP contribution in [-0.4, -0.2) is 32.5 Å². The van der Waals surface area contributed by atoms with Crippen molar-refractivity contribution in [3.63, 3.8) is 0 Å². The molecule has 0 aliphatic carbocycles. The molecule has 1 N–H and O–H groups in total. The topological polar surface area (TPSA) is 68.5 Å². The highest BCUT2D eigenvalue weighted by Gasteiger charge is 2.17. The first-order valence-corrected chi connectivity index (χ1v) is 8.02. The summed E-state index contributed by atoms with van der Waals surface area (Å²) in [5, 5.41) is 3.03. The monoisotopic (exact) mass is 376 g/mol. The molecule has 6 nitrogen and oxygen atoms in total. The first kappa shape index (κ1) is 15.7. The molecule has 0 saturated carbocycles. The Morgan fingerprint density at radius 2 is 2.09 bits per heavy atom. The Hall–Kier alpha value is -2.15. The molecule has 0 fully saturated rings. The number of para-hydroxylation sites is 2. The highest BCUT2D eigenvalue weighted by molar-refractivity contribution is 9.10. The van der Waals surface area contributed by atoms with Crippen LogP contribution < -0.4 is 5.32 Å². The summed E-state index contributed by atoms with van der Waals surface area (Å²) in [7, 11) is 0. The summed E-state index contributed by atoms with van der Waals surface area (Å²) in [4.78, 5) is 20.8. The lowest BCUT2D eigenvalue weighted by atomic mass is 10.2. The minimum absolute atomic E-state index is 0.0305. The molecule has 2 aromatic heterocycles. The zero-order valence-electron chi connectivity index (χ0n) is 13.1. The van der Waals surface area contributed by atoms with Gasteiger partial charge in [0, 0.05) is 0 Å². The van der Waals surface area contributed by atoms with Gasteiger partial charge in [0.15, 0.2) is 11.5 Å². The summed E-state index contributed by atoms with van der Waals surface area (Å²) >= 11 is 3.50. The Morgan fingerprint density at radius 1 is 1.35 bits per heavy atom. The second-order valence-corrected chi connectivity index (χ2v) is 6.94. The SMILES string of the molecule is CC(C)(C)OC(=O)CNc1nc2ccccc2n2c(Br)cnc12. The normalized spacial score (nSPS) is 11.8. The van der Waals surface area contributed by atoms with E-state index < -0.39 is 5.60 Å². The van der Waals surface area contributed by atoms with Crippen molar-refractivity contribution in [2.24, 2.45) is 0 Å². The smallest absolute Gasteiger partial charge is 0.325 e. The first-order valence-electron chi connectivity index (χ1n) is 7.22. The van der Waals surface area contributed by atoms with Gasteiger partial charge in [-0.05, 0) is 48.8 Å². The number of nitrogens with zero attached hydrogens (tertiary/aromatic N) is 3. The van der Waals surface area contributed by atoms with Gasteiger partial charge < -0.3 is 10.1 Å². The van der Waals surface area contributed by atoms with E-state index in [2.05, 4.69) is 31.2 Å². The lowest BCUT2D eigenvalue weighted by Crippen LogP contribution is -2.28. The number of esters is 1. The number of hydrogen-bond donors (Lipinski definition) is 1. The molecule has 0 aliphatic rings. The van der Waals surface area contributed by atoms with Gasteiger partial charge in [0.2, 0.25) is 0 Å². The number of carbonyl (C=O) groups is 1. The van der Waals surface area contributed by atoms with Crippen LogP contribution in [0.15, 0.2) is 35.1 Å². The number of anilines is 1. The molecule has 7 heteroatoms. The number of ether oxygens (including phenoxy) is 1. The molecular weight excluding hydrogens is 360 g/mol. The number of imidazole rings is 1. The van der Waals surface area contributed by atoms with E-state index in [0.717, 1.165) is 15.6 Å². The first-order chi connectivity index (χ1) is 10.8. The van der Waals surface area contributed by atoms with Gasteiger partial charge in [0.05, 0.1) is 17.2 Å². The fourth-order valence-electron chi connectivity index (χ4n) is 2.30. The fourth-order valence-corrected chi connectivity index (χ4v) is 2.76. The number of carbonyl (C=O) groups excluding carboxylic acids is 1. The van der Waals surface area contributed by atoms with Crippen molar-refractivity contribution in [1.82, 2.24) is 14.4 Å².